The molecule has 11 heteroatoms. The van der Waals surface area contributed by atoms with Crippen LogP contribution in [0.25, 0.3) is 0 Å². The van der Waals surface area contributed by atoms with Gasteiger partial charge in [-0.3, -0.25) is 24.0 Å². The molecule has 0 radical (unpaired) electrons. The zero-order chi connectivity index (χ0) is 79.0. The van der Waals surface area contributed by atoms with Gasteiger partial charge in [0, 0.05) is 19.4 Å². The maximum atomic E-state index is 12.7. The van der Waals surface area contributed by atoms with Gasteiger partial charge in [0.1, 0.15) is 0 Å². The molecule has 0 aliphatic heterocycles. The maximum Gasteiger partial charge on any atom is 0.309 e. The summed E-state index contributed by atoms with van der Waals surface area (Å²) in [6, 6.07) is 0. The first-order valence-corrected chi connectivity index (χ1v) is 46.9. The molecule has 0 aliphatic rings. The number of esters is 4. The molecule has 11 nitrogen and oxygen atoms in total. The Morgan fingerprint density at radius 2 is 0.374 bits per heavy atom. The van der Waals surface area contributed by atoms with Crippen LogP contribution in [0.5, 0.6) is 0 Å². The molecule has 0 bridgehead atoms. The zero-order valence-electron chi connectivity index (χ0n) is 73.3. The van der Waals surface area contributed by atoms with Crippen LogP contribution in [0.1, 0.15) is 525 Å². The van der Waals surface area contributed by atoms with E-state index in [2.05, 4.69) is 55.4 Å². The molecule has 0 spiro atoms. The number of carboxylic acid groups (broad SMARTS) is 1. The average Bonchev–Trinajstić information content (AvgIpc) is 1.12. The van der Waals surface area contributed by atoms with Crippen molar-refractivity contribution in [3.05, 3.63) is 0 Å². The van der Waals surface area contributed by atoms with Gasteiger partial charge >= 0.3 is 29.8 Å². The molecule has 0 rings (SSSR count). The van der Waals surface area contributed by atoms with Crippen LogP contribution in [0.2, 0.25) is 0 Å². The van der Waals surface area contributed by atoms with Gasteiger partial charge in [-0.2, -0.15) is 0 Å². The van der Waals surface area contributed by atoms with Gasteiger partial charge in [-0.25, -0.2) is 0 Å². The third-order valence-corrected chi connectivity index (χ3v) is 23.6. The van der Waals surface area contributed by atoms with E-state index in [4.69, 9.17) is 24.1 Å². The number of aliphatic carboxylic acids is 1. The van der Waals surface area contributed by atoms with E-state index in [1.54, 1.807) is 0 Å². The smallest absolute Gasteiger partial charge is 0.309 e. The van der Waals surface area contributed by atoms with Crippen molar-refractivity contribution in [2.75, 3.05) is 33.0 Å². The first-order valence-electron chi connectivity index (χ1n) is 46.9. The van der Waals surface area contributed by atoms with Crippen molar-refractivity contribution in [3.63, 3.8) is 0 Å². The predicted molar refractivity (Wildman–Crippen MR) is 455 cm³/mol. The lowest BCUT2D eigenvalue weighted by Crippen LogP contribution is -2.23. The van der Waals surface area contributed by atoms with Gasteiger partial charge in [-0.05, 0) is 113 Å². The number of ether oxygens (including phenoxy) is 4. The highest BCUT2D eigenvalue weighted by Gasteiger charge is 2.27. The minimum absolute atomic E-state index is 0.00256. The molecule has 0 amide bonds. The fraction of sp³-hybridized carbons (Fsp3) is 0.948. The van der Waals surface area contributed by atoms with Gasteiger partial charge in [-0.15, -0.1) is 0 Å². The standard InChI is InChI=1S/C96H184O11/c1-92(2,73-61-51-41-31-21-16-17-26-36-46-56-66-80-97)78-71-88(99)105-82-68-58-48-40-30-25-32-42-52-62-74-93(3,4)79-72-87(98)104-81-67-57-47-37-27-19-13-14-22-33-43-53-63-75-94(5,6)85-90(101)107-84-70-60-50-39-29-20-23-34-44-54-64-76-95(7,8)86-89(100)106-83-69-59-49-38-28-18-12-11-15-24-35-45-55-65-77-96(9,10)91(102)103/h97H,11-86H2,1-10H3,(H,102,103). The number of carboxylic acids is 1. The van der Waals surface area contributed by atoms with E-state index in [0.717, 1.165) is 103 Å². The third-order valence-electron chi connectivity index (χ3n) is 23.6. The molecule has 107 heavy (non-hydrogen) atoms. The van der Waals surface area contributed by atoms with Gasteiger partial charge in [0.25, 0.3) is 0 Å². The summed E-state index contributed by atoms with van der Waals surface area (Å²) < 4.78 is 22.5. The number of unbranched alkanes of at least 4 members (excludes halogenated alkanes) is 55. The Bertz CT molecular complexity index is 2010. The Hall–Kier alpha value is -2.69. The van der Waals surface area contributed by atoms with Crippen LogP contribution in [0, 0.1) is 27.1 Å². The average molecular weight is 1510 g/mol. The largest absolute Gasteiger partial charge is 0.481 e. The number of aliphatic hydroxyl groups is 1. The van der Waals surface area contributed by atoms with E-state index in [-0.39, 0.29) is 45.5 Å². The molecule has 0 aliphatic carbocycles. The summed E-state index contributed by atoms with van der Waals surface area (Å²) >= 11 is 0. The second-order valence-corrected chi connectivity index (χ2v) is 37.8. The number of carbonyl (C=O) groups excluding carboxylic acids is 4. The molecule has 0 aromatic rings. The Kier molecular flexibility index (Phi) is 70.5. The monoisotopic (exact) mass is 1510 g/mol. The van der Waals surface area contributed by atoms with Gasteiger partial charge in [0.15, 0.2) is 0 Å². The van der Waals surface area contributed by atoms with Crippen molar-refractivity contribution in [2.45, 2.75) is 525 Å². The quantitative estimate of drug-likeness (QED) is 0.0339. The molecule has 0 heterocycles. The Labute approximate surface area is 664 Å². The van der Waals surface area contributed by atoms with Crippen molar-refractivity contribution in [1.82, 2.24) is 0 Å². The predicted octanol–water partition coefficient (Wildman–Crippen LogP) is 30.1. The van der Waals surface area contributed by atoms with E-state index < -0.39 is 11.4 Å². The van der Waals surface area contributed by atoms with Crippen molar-refractivity contribution in [3.8, 4) is 0 Å². The lowest BCUT2D eigenvalue weighted by molar-refractivity contribution is -0.148. The van der Waals surface area contributed by atoms with E-state index in [1.165, 1.54) is 327 Å². The molecule has 634 valence electrons. The topological polar surface area (TPSA) is 163 Å². The summed E-state index contributed by atoms with van der Waals surface area (Å²) in [5.41, 5.74) is -0.215. The molecule has 0 fully saturated rings. The first kappa shape index (κ1) is 104. The van der Waals surface area contributed by atoms with Crippen molar-refractivity contribution < 1.29 is 53.1 Å². The SMILES string of the molecule is CC(C)(CCCCCCCCCCCCCCO)CCC(=O)OCCCCCCCCCCCCC(C)(C)CCC(=O)OCCCCCCCCCCCCCCCC(C)(C)CC(=O)OCCCCCCCCCCCCCC(C)(C)CC(=O)OCCCCCCCCCCCCCCCCC(C)(C)C(=O)O. The highest BCUT2D eigenvalue weighted by Crippen LogP contribution is 2.34. The van der Waals surface area contributed by atoms with Gasteiger partial charge in [0.05, 0.1) is 44.7 Å². The number of rotatable bonds is 85. The fourth-order valence-electron chi connectivity index (χ4n) is 15.5. The summed E-state index contributed by atoms with van der Waals surface area (Å²) in [6.07, 6.45) is 84.1. The summed E-state index contributed by atoms with van der Waals surface area (Å²) in [4.78, 5) is 61.5. The van der Waals surface area contributed by atoms with E-state index in [9.17, 15) is 29.1 Å². The summed E-state index contributed by atoms with van der Waals surface area (Å²) in [5.74, 6) is -0.786. The highest BCUT2D eigenvalue weighted by atomic mass is 16.5. The van der Waals surface area contributed by atoms with E-state index in [1.807, 2.05) is 13.8 Å². The van der Waals surface area contributed by atoms with Gasteiger partial charge < -0.3 is 29.2 Å². The second kappa shape index (κ2) is 72.3. The van der Waals surface area contributed by atoms with Crippen LogP contribution >= 0.6 is 0 Å². The van der Waals surface area contributed by atoms with Crippen LogP contribution in [0.4, 0.5) is 0 Å². The summed E-state index contributed by atoms with van der Waals surface area (Å²) in [6.45, 7) is 24.4. The molecule has 2 N–H and O–H groups in total. The molecule has 0 aromatic heterocycles. The van der Waals surface area contributed by atoms with Crippen molar-refractivity contribution >= 4 is 29.8 Å². The fourth-order valence-corrected chi connectivity index (χ4v) is 15.5. The lowest BCUT2D eigenvalue weighted by Gasteiger charge is -2.24. The molecular formula is C96H184O11. The number of hydrogen-bond donors (Lipinski definition) is 2. The zero-order valence-corrected chi connectivity index (χ0v) is 73.3. The van der Waals surface area contributed by atoms with Crippen LogP contribution in [-0.4, -0.2) is 73.1 Å². The van der Waals surface area contributed by atoms with Crippen molar-refractivity contribution in [1.29, 1.82) is 0 Å². The van der Waals surface area contributed by atoms with E-state index in [0.29, 0.717) is 58.7 Å². The summed E-state index contributed by atoms with van der Waals surface area (Å²) in [7, 11) is 0. The second-order valence-electron chi connectivity index (χ2n) is 37.8. The first-order chi connectivity index (χ1) is 51.4. The minimum atomic E-state index is -0.685. The number of aliphatic hydroxyl groups excluding tert-OH is 1. The lowest BCUT2D eigenvalue weighted by atomic mass is 9.82. The minimum Gasteiger partial charge on any atom is -0.481 e. The van der Waals surface area contributed by atoms with Crippen LogP contribution in [0.15, 0.2) is 0 Å². The van der Waals surface area contributed by atoms with Crippen LogP contribution in [-0.2, 0) is 42.9 Å². The number of carbonyl (C=O) groups is 5. The van der Waals surface area contributed by atoms with Crippen LogP contribution in [0.3, 0.4) is 0 Å². The maximum absolute atomic E-state index is 12.7. The third kappa shape index (κ3) is 77.1. The van der Waals surface area contributed by atoms with Gasteiger partial charge in [-0.1, -0.05) is 409 Å². The Balaban J connectivity index is 3.58. The van der Waals surface area contributed by atoms with E-state index >= 15 is 0 Å². The molecule has 0 unspecified atom stereocenters. The highest BCUT2D eigenvalue weighted by molar-refractivity contribution is 5.73. The molecular weight excluding hydrogens is 1330 g/mol. The van der Waals surface area contributed by atoms with Gasteiger partial charge in [0.2, 0.25) is 0 Å². The Morgan fingerprint density at radius 1 is 0.206 bits per heavy atom. The molecule has 0 aromatic carbocycles. The Morgan fingerprint density at radius 3 is 0.579 bits per heavy atom. The normalized spacial score (nSPS) is 12.3. The van der Waals surface area contributed by atoms with Crippen LogP contribution < -0.4 is 0 Å². The summed E-state index contributed by atoms with van der Waals surface area (Å²) in [5, 5.41) is 18.1. The van der Waals surface area contributed by atoms with Crippen molar-refractivity contribution in [2.24, 2.45) is 27.1 Å². The molecule has 0 saturated heterocycles. The molecule has 0 saturated carbocycles. The molecule has 0 atom stereocenters. The number of hydrogen-bond acceptors (Lipinski definition) is 10.